The molecular weight excluding hydrogens is 270 g/mol. The first kappa shape index (κ1) is 13.6. The minimum Gasteiger partial charge on any atom is -0.348 e. The summed E-state index contributed by atoms with van der Waals surface area (Å²) in [4.78, 5) is 18.6. The summed E-state index contributed by atoms with van der Waals surface area (Å²) in [5, 5.41) is 5.84. The molecule has 2 bridgehead atoms. The van der Waals surface area contributed by atoms with Crippen molar-refractivity contribution >= 4 is 17.7 Å². The number of piperidine rings is 3. The van der Waals surface area contributed by atoms with Gasteiger partial charge < -0.3 is 10.2 Å². The second kappa shape index (κ2) is 6.41. The van der Waals surface area contributed by atoms with Gasteiger partial charge in [-0.1, -0.05) is 17.8 Å². The molecule has 1 amide bonds. The summed E-state index contributed by atoms with van der Waals surface area (Å²) in [6.07, 6.45) is 5.80. The zero-order chi connectivity index (χ0) is 13.8. The molecule has 1 unspecified atom stereocenters. The molecule has 0 aliphatic carbocycles. The van der Waals surface area contributed by atoms with Crippen molar-refractivity contribution in [3.05, 3.63) is 35.9 Å². The van der Waals surface area contributed by atoms with Gasteiger partial charge in [-0.2, -0.15) is 0 Å². The van der Waals surface area contributed by atoms with Crippen molar-refractivity contribution in [2.24, 2.45) is 5.92 Å². The fraction of sp³-hybridized carbons (Fsp3) is 0.467. The number of nitrogens with zero attached hydrogens (tertiary/aromatic N) is 2. The Kier molecular flexibility index (Phi) is 4.38. The van der Waals surface area contributed by atoms with E-state index in [1.807, 2.05) is 18.2 Å². The molecule has 1 N–H and O–H groups in total. The summed E-state index contributed by atoms with van der Waals surface area (Å²) < 4.78 is 0. The van der Waals surface area contributed by atoms with Crippen molar-refractivity contribution in [2.45, 2.75) is 23.9 Å². The molecule has 5 heteroatoms. The van der Waals surface area contributed by atoms with E-state index >= 15 is 0 Å². The van der Waals surface area contributed by atoms with Crippen LogP contribution in [0, 0.1) is 5.92 Å². The lowest BCUT2D eigenvalue weighted by Gasteiger charge is -2.44. The Morgan fingerprint density at radius 2 is 2.25 bits per heavy atom. The van der Waals surface area contributed by atoms with Crippen LogP contribution in [0.2, 0.25) is 0 Å². The third kappa shape index (κ3) is 3.41. The van der Waals surface area contributed by atoms with E-state index < -0.39 is 0 Å². The van der Waals surface area contributed by atoms with Gasteiger partial charge in [0, 0.05) is 24.9 Å². The van der Waals surface area contributed by atoms with E-state index in [4.69, 9.17) is 0 Å². The number of rotatable bonds is 4. The Hall–Kier alpha value is -1.33. The number of pyridine rings is 1. The molecule has 1 aromatic heterocycles. The normalized spacial score (nSPS) is 28.7. The lowest BCUT2D eigenvalue weighted by molar-refractivity contribution is -0.118. The second-order valence-corrected chi connectivity index (χ2v) is 6.27. The van der Waals surface area contributed by atoms with Crippen LogP contribution in [0.25, 0.3) is 0 Å². The van der Waals surface area contributed by atoms with Gasteiger partial charge in [0.15, 0.2) is 0 Å². The topological polar surface area (TPSA) is 45.2 Å². The first-order valence-electron chi connectivity index (χ1n) is 7.08. The molecule has 0 radical (unpaired) electrons. The Morgan fingerprint density at radius 1 is 1.40 bits per heavy atom. The average molecular weight is 289 g/mol. The number of thioether (sulfide) groups is 1. The fourth-order valence-electron chi connectivity index (χ4n) is 2.94. The SMILES string of the molecule is O=C(C=CSc1ccccn1)NC1CN2CCC1CC2. The Balaban J connectivity index is 1.47. The van der Waals surface area contributed by atoms with E-state index in [0.717, 1.165) is 11.6 Å². The Labute approximate surface area is 123 Å². The van der Waals surface area contributed by atoms with Crippen molar-refractivity contribution in [1.82, 2.24) is 15.2 Å². The van der Waals surface area contributed by atoms with Gasteiger partial charge in [0.25, 0.3) is 0 Å². The number of hydrogen-bond donors (Lipinski definition) is 1. The molecule has 1 atom stereocenters. The lowest BCUT2D eigenvalue weighted by atomic mass is 9.84. The van der Waals surface area contributed by atoms with Gasteiger partial charge >= 0.3 is 0 Å². The third-order valence-corrected chi connectivity index (χ3v) is 4.78. The van der Waals surface area contributed by atoms with Crippen LogP contribution in [0.5, 0.6) is 0 Å². The van der Waals surface area contributed by atoms with E-state index in [0.29, 0.717) is 12.0 Å². The van der Waals surface area contributed by atoms with Crippen LogP contribution in [0.1, 0.15) is 12.8 Å². The predicted octanol–water partition coefficient (Wildman–Crippen LogP) is 1.90. The van der Waals surface area contributed by atoms with Gasteiger partial charge in [-0.3, -0.25) is 4.79 Å². The minimum absolute atomic E-state index is 0.00665. The summed E-state index contributed by atoms with van der Waals surface area (Å²) in [6.45, 7) is 3.41. The highest BCUT2D eigenvalue weighted by Crippen LogP contribution is 2.27. The van der Waals surface area contributed by atoms with Crippen LogP contribution in [-0.4, -0.2) is 41.5 Å². The molecule has 4 rings (SSSR count). The number of hydrogen-bond acceptors (Lipinski definition) is 4. The summed E-state index contributed by atoms with van der Waals surface area (Å²) in [5.41, 5.74) is 0. The number of carbonyl (C=O) groups is 1. The van der Waals surface area contributed by atoms with Crippen molar-refractivity contribution in [3.63, 3.8) is 0 Å². The summed E-state index contributed by atoms with van der Waals surface area (Å²) >= 11 is 1.46. The highest BCUT2D eigenvalue weighted by atomic mass is 32.2. The molecule has 106 valence electrons. The molecule has 0 aromatic carbocycles. The maximum atomic E-state index is 11.9. The minimum atomic E-state index is 0.00665. The molecule has 3 fully saturated rings. The van der Waals surface area contributed by atoms with Crippen LogP contribution in [-0.2, 0) is 4.79 Å². The van der Waals surface area contributed by atoms with Crippen LogP contribution in [0.15, 0.2) is 40.9 Å². The molecule has 4 heterocycles. The van der Waals surface area contributed by atoms with Gasteiger partial charge in [-0.05, 0) is 49.4 Å². The van der Waals surface area contributed by atoms with Crippen LogP contribution in [0.4, 0.5) is 0 Å². The fourth-order valence-corrected chi connectivity index (χ4v) is 3.55. The molecule has 3 saturated heterocycles. The van der Waals surface area contributed by atoms with E-state index in [9.17, 15) is 4.79 Å². The van der Waals surface area contributed by atoms with Crippen molar-refractivity contribution < 1.29 is 4.79 Å². The van der Waals surface area contributed by atoms with Crippen LogP contribution >= 0.6 is 11.8 Å². The van der Waals surface area contributed by atoms with Gasteiger partial charge in [0.2, 0.25) is 5.91 Å². The smallest absolute Gasteiger partial charge is 0.244 e. The number of nitrogens with one attached hydrogen (secondary N) is 1. The quantitative estimate of drug-likeness (QED) is 0.679. The van der Waals surface area contributed by atoms with Crippen molar-refractivity contribution in [2.75, 3.05) is 19.6 Å². The van der Waals surface area contributed by atoms with Gasteiger partial charge in [0.1, 0.15) is 5.03 Å². The highest BCUT2D eigenvalue weighted by Gasteiger charge is 2.34. The monoisotopic (exact) mass is 289 g/mol. The predicted molar refractivity (Wildman–Crippen MR) is 80.3 cm³/mol. The molecular formula is C15H19N3OS. The molecule has 4 nitrogen and oxygen atoms in total. The van der Waals surface area contributed by atoms with E-state index in [1.165, 1.54) is 37.7 Å². The maximum absolute atomic E-state index is 11.9. The van der Waals surface area contributed by atoms with E-state index in [2.05, 4.69) is 15.2 Å². The third-order valence-electron chi connectivity index (χ3n) is 4.03. The summed E-state index contributed by atoms with van der Waals surface area (Å²) in [5.74, 6) is 0.674. The largest absolute Gasteiger partial charge is 0.348 e. The maximum Gasteiger partial charge on any atom is 0.244 e. The Morgan fingerprint density at radius 3 is 2.90 bits per heavy atom. The average Bonchev–Trinajstić information content (AvgIpc) is 2.49. The standard InChI is InChI=1S/C15H19N3OS/c19-14(6-10-20-15-3-1-2-7-16-15)17-13-11-18-8-4-12(13)5-9-18/h1-3,6-7,10,12-13H,4-5,8-9,11H2,(H,17,19). The molecule has 3 aliphatic rings. The summed E-state index contributed by atoms with van der Waals surface area (Å²) in [7, 11) is 0. The molecule has 0 spiro atoms. The molecule has 20 heavy (non-hydrogen) atoms. The highest BCUT2D eigenvalue weighted by molar-refractivity contribution is 8.02. The zero-order valence-electron chi connectivity index (χ0n) is 11.4. The number of amides is 1. The first-order chi connectivity index (χ1) is 9.81. The number of aromatic nitrogens is 1. The van der Waals surface area contributed by atoms with Gasteiger partial charge in [-0.15, -0.1) is 0 Å². The van der Waals surface area contributed by atoms with E-state index in [1.54, 1.807) is 17.7 Å². The molecule has 1 aromatic rings. The van der Waals surface area contributed by atoms with Gasteiger partial charge in [-0.25, -0.2) is 4.98 Å². The second-order valence-electron chi connectivity index (χ2n) is 5.34. The first-order valence-corrected chi connectivity index (χ1v) is 7.96. The van der Waals surface area contributed by atoms with Crippen LogP contribution < -0.4 is 5.32 Å². The Bertz CT molecular complexity index is 483. The van der Waals surface area contributed by atoms with Crippen molar-refractivity contribution in [1.29, 1.82) is 0 Å². The number of fused-ring (bicyclic) bond motifs is 3. The summed E-state index contributed by atoms with van der Waals surface area (Å²) in [6, 6.07) is 6.08. The lowest BCUT2D eigenvalue weighted by Crippen LogP contribution is -2.57. The van der Waals surface area contributed by atoms with E-state index in [-0.39, 0.29) is 5.91 Å². The van der Waals surface area contributed by atoms with Crippen molar-refractivity contribution in [3.8, 4) is 0 Å². The molecule has 3 aliphatic heterocycles. The number of carbonyl (C=O) groups excluding carboxylic acids is 1. The van der Waals surface area contributed by atoms with Crippen LogP contribution in [0.3, 0.4) is 0 Å². The zero-order valence-corrected chi connectivity index (χ0v) is 12.2. The van der Waals surface area contributed by atoms with Gasteiger partial charge in [0.05, 0.1) is 0 Å². The molecule has 0 saturated carbocycles.